The van der Waals surface area contributed by atoms with Crippen molar-refractivity contribution < 1.29 is 4.79 Å². The Bertz CT molecular complexity index is 308. The molecule has 1 heterocycles. The third-order valence-corrected chi connectivity index (χ3v) is 4.56. The maximum atomic E-state index is 12.4. The van der Waals surface area contributed by atoms with Gasteiger partial charge in [0.2, 0.25) is 5.91 Å². The second kappa shape index (κ2) is 5.20. The molecule has 2 aliphatic rings. The van der Waals surface area contributed by atoms with Gasteiger partial charge in [0.1, 0.15) is 0 Å². The zero-order valence-electron chi connectivity index (χ0n) is 12.3. The average molecular weight is 252 g/mol. The van der Waals surface area contributed by atoms with Gasteiger partial charge in [0.15, 0.2) is 0 Å². The van der Waals surface area contributed by atoms with Gasteiger partial charge < -0.3 is 4.90 Å². The first kappa shape index (κ1) is 13.9. The minimum atomic E-state index is 0.0463. The number of carbonyl (C=O) groups is 1. The summed E-state index contributed by atoms with van der Waals surface area (Å²) in [6, 6.07) is 0.0463. The van der Waals surface area contributed by atoms with Gasteiger partial charge in [-0.3, -0.25) is 10.1 Å². The molecule has 2 rings (SSSR count). The molecule has 104 valence electrons. The summed E-state index contributed by atoms with van der Waals surface area (Å²) in [5.41, 5.74) is 0.359. The van der Waals surface area contributed by atoms with Gasteiger partial charge in [0, 0.05) is 6.54 Å². The molecule has 18 heavy (non-hydrogen) atoms. The Morgan fingerprint density at radius 2 is 2.00 bits per heavy atom. The Morgan fingerprint density at radius 1 is 1.39 bits per heavy atom. The largest absolute Gasteiger partial charge is 0.326 e. The Morgan fingerprint density at radius 3 is 2.56 bits per heavy atom. The van der Waals surface area contributed by atoms with Crippen LogP contribution in [0.4, 0.5) is 0 Å². The first-order chi connectivity index (χ1) is 8.41. The quantitative estimate of drug-likeness (QED) is 0.834. The van der Waals surface area contributed by atoms with Crippen molar-refractivity contribution in [2.45, 2.75) is 72.0 Å². The van der Waals surface area contributed by atoms with Crippen LogP contribution >= 0.6 is 0 Å². The van der Waals surface area contributed by atoms with Gasteiger partial charge in [-0.15, -0.1) is 0 Å². The molecule has 2 atom stereocenters. The Labute approximate surface area is 111 Å². The highest BCUT2D eigenvalue weighted by molar-refractivity contribution is 5.84. The first-order valence-electron chi connectivity index (χ1n) is 7.48. The lowest BCUT2D eigenvalue weighted by molar-refractivity contribution is -0.131. The topological polar surface area (TPSA) is 32.3 Å². The minimum absolute atomic E-state index is 0.0463. The van der Waals surface area contributed by atoms with Gasteiger partial charge in [0.25, 0.3) is 0 Å². The molecule has 0 aromatic carbocycles. The van der Waals surface area contributed by atoms with E-state index >= 15 is 0 Å². The minimum Gasteiger partial charge on any atom is -0.326 e. The fourth-order valence-corrected chi connectivity index (χ4v) is 3.50. The molecule has 0 spiro atoms. The molecule has 1 N–H and O–H groups in total. The molecule has 1 saturated heterocycles. The standard InChI is InChI=1S/C15H28N2O/c1-11(2)9-13-14(18)17(12(3)16-13)10-15(4)7-5-6-8-15/h11-13,16H,5-10H2,1-4H3. The molecular formula is C15H28N2O. The lowest BCUT2D eigenvalue weighted by Crippen LogP contribution is -2.41. The Balaban J connectivity index is 1.98. The summed E-state index contributed by atoms with van der Waals surface area (Å²) in [5.74, 6) is 0.894. The maximum absolute atomic E-state index is 12.4. The Kier molecular flexibility index (Phi) is 4.00. The lowest BCUT2D eigenvalue weighted by Gasteiger charge is -2.32. The molecule has 0 radical (unpaired) electrons. The molecule has 1 aliphatic heterocycles. The second-order valence-corrected chi connectivity index (χ2v) is 7.01. The zero-order chi connectivity index (χ0) is 13.3. The van der Waals surface area contributed by atoms with Crippen LogP contribution in [0.1, 0.15) is 59.8 Å². The van der Waals surface area contributed by atoms with Crippen LogP contribution in [0.3, 0.4) is 0 Å². The van der Waals surface area contributed by atoms with Crippen LogP contribution in [-0.4, -0.2) is 29.6 Å². The fraction of sp³-hybridized carbons (Fsp3) is 0.933. The predicted molar refractivity (Wildman–Crippen MR) is 74.1 cm³/mol. The van der Waals surface area contributed by atoms with E-state index in [-0.39, 0.29) is 12.2 Å². The van der Waals surface area contributed by atoms with Crippen LogP contribution in [0.15, 0.2) is 0 Å². The van der Waals surface area contributed by atoms with E-state index in [9.17, 15) is 4.79 Å². The second-order valence-electron chi connectivity index (χ2n) is 7.01. The summed E-state index contributed by atoms with van der Waals surface area (Å²) in [5, 5.41) is 3.45. The van der Waals surface area contributed by atoms with E-state index in [0.717, 1.165) is 13.0 Å². The van der Waals surface area contributed by atoms with Gasteiger partial charge in [-0.25, -0.2) is 0 Å². The monoisotopic (exact) mass is 252 g/mol. The van der Waals surface area contributed by atoms with E-state index in [0.29, 0.717) is 17.2 Å². The van der Waals surface area contributed by atoms with Crippen LogP contribution < -0.4 is 5.32 Å². The van der Waals surface area contributed by atoms with Gasteiger partial charge in [-0.1, -0.05) is 33.6 Å². The third-order valence-electron chi connectivity index (χ3n) is 4.56. The number of hydrogen-bond donors (Lipinski definition) is 1. The highest BCUT2D eigenvalue weighted by atomic mass is 16.2. The summed E-state index contributed by atoms with van der Waals surface area (Å²) in [7, 11) is 0. The van der Waals surface area contributed by atoms with E-state index in [1.165, 1.54) is 25.7 Å². The molecular weight excluding hydrogens is 224 g/mol. The molecule has 2 unspecified atom stereocenters. The van der Waals surface area contributed by atoms with Crippen molar-refractivity contribution >= 4 is 5.91 Å². The van der Waals surface area contributed by atoms with Crippen LogP contribution in [0.2, 0.25) is 0 Å². The van der Waals surface area contributed by atoms with E-state index in [1.807, 2.05) is 0 Å². The van der Waals surface area contributed by atoms with E-state index in [4.69, 9.17) is 0 Å². The van der Waals surface area contributed by atoms with Crippen molar-refractivity contribution in [2.75, 3.05) is 6.54 Å². The number of amides is 1. The van der Waals surface area contributed by atoms with Crippen molar-refractivity contribution in [1.82, 2.24) is 10.2 Å². The van der Waals surface area contributed by atoms with Crippen molar-refractivity contribution in [3.05, 3.63) is 0 Å². The number of hydrogen-bond acceptors (Lipinski definition) is 2. The van der Waals surface area contributed by atoms with E-state index < -0.39 is 0 Å². The van der Waals surface area contributed by atoms with Crippen LogP contribution in [0.25, 0.3) is 0 Å². The van der Waals surface area contributed by atoms with Gasteiger partial charge in [-0.2, -0.15) is 0 Å². The van der Waals surface area contributed by atoms with Crippen molar-refractivity contribution in [3.8, 4) is 0 Å². The Hall–Kier alpha value is -0.570. The summed E-state index contributed by atoms with van der Waals surface area (Å²) in [6.45, 7) is 9.77. The first-order valence-corrected chi connectivity index (χ1v) is 7.48. The molecule has 1 amide bonds. The summed E-state index contributed by atoms with van der Waals surface area (Å²) < 4.78 is 0. The van der Waals surface area contributed by atoms with Crippen LogP contribution in [0, 0.1) is 11.3 Å². The van der Waals surface area contributed by atoms with Gasteiger partial charge in [0.05, 0.1) is 12.2 Å². The number of rotatable bonds is 4. The van der Waals surface area contributed by atoms with Crippen LogP contribution in [-0.2, 0) is 4.79 Å². The fourth-order valence-electron chi connectivity index (χ4n) is 3.50. The highest BCUT2D eigenvalue weighted by Crippen LogP contribution is 2.39. The SMILES string of the molecule is CC(C)CC1NC(C)N(CC2(C)CCCC2)C1=O. The lowest BCUT2D eigenvalue weighted by atomic mass is 9.88. The molecule has 0 aromatic rings. The average Bonchev–Trinajstić information content (AvgIpc) is 2.79. The molecule has 3 nitrogen and oxygen atoms in total. The molecule has 3 heteroatoms. The van der Waals surface area contributed by atoms with Crippen molar-refractivity contribution in [2.24, 2.45) is 11.3 Å². The molecule has 0 bridgehead atoms. The van der Waals surface area contributed by atoms with Crippen molar-refractivity contribution in [1.29, 1.82) is 0 Å². The highest BCUT2D eigenvalue weighted by Gasteiger charge is 2.41. The number of carbonyl (C=O) groups excluding carboxylic acids is 1. The van der Waals surface area contributed by atoms with E-state index in [1.54, 1.807) is 0 Å². The number of nitrogens with zero attached hydrogens (tertiary/aromatic N) is 1. The summed E-state index contributed by atoms with van der Waals surface area (Å²) in [4.78, 5) is 14.5. The molecule has 1 aliphatic carbocycles. The van der Waals surface area contributed by atoms with Crippen LogP contribution in [0.5, 0.6) is 0 Å². The summed E-state index contributed by atoms with van der Waals surface area (Å²) >= 11 is 0. The predicted octanol–water partition coefficient (Wildman–Crippen LogP) is 2.76. The number of nitrogens with one attached hydrogen (secondary N) is 1. The molecule has 0 aromatic heterocycles. The molecule has 2 fully saturated rings. The van der Waals surface area contributed by atoms with Gasteiger partial charge >= 0.3 is 0 Å². The summed E-state index contributed by atoms with van der Waals surface area (Å²) in [6.07, 6.45) is 6.37. The smallest absolute Gasteiger partial charge is 0.241 e. The molecule has 1 saturated carbocycles. The van der Waals surface area contributed by atoms with E-state index in [2.05, 4.69) is 37.9 Å². The third kappa shape index (κ3) is 2.87. The van der Waals surface area contributed by atoms with Gasteiger partial charge in [-0.05, 0) is 37.5 Å². The normalized spacial score (nSPS) is 31.6. The zero-order valence-corrected chi connectivity index (χ0v) is 12.3. The van der Waals surface area contributed by atoms with Crippen molar-refractivity contribution in [3.63, 3.8) is 0 Å². The maximum Gasteiger partial charge on any atom is 0.241 e.